The van der Waals surface area contributed by atoms with Gasteiger partial charge in [0.2, 0.25) is 0 Å². The highest BCUT2D eigenvalue weighted by molar-refractivity contribution is 7.91. The van der Waals surface area contributed by atoms with Gasteiger partial charge in [0, 0.05) is 25.8 Å². The van der Waals surface area contributed by atoms with Gasteiger partial charge in [0.05, 0.1) is 11.5 Å². The summed E-state index contributed by atoms with van der Waals surface area (Å²) in [5.74, 6) is 0.561. The number of aromatic nitrogens is 1. The Morgan fingerprint density at radius 1 is 1.50 bits per heavy atom. The molecule has 1 aliphatic heterocycles. The van der Waals surface area contributed by atoms with Crippen molar-refractivity contribution in [2.45, 2.75) is 25.4 Å². The van der Waals surface area contributed by atoms with Crippen LogP contribution in [0.4, 0.5) is 0 Å². The Morgan fingerprint density at radius 2 is 2.17 bits per heavy atom. The number of rotatable bonds is 3. The van der Waals surface area contributed by atoms with Gasteiger partial charge in [-0.15, -0.1) is 0 Å². The summed E-state index contributed by atoms with van der Waals surface area (Å²) in [6.45, 7) is 0.681. The van der Waals surface area contributed by atoms with Crippen molar-refractivity contribution in [3.63, 3.8) is 0 Å². The molecule has 0 amide bonds. The molecule has 6 heteroatoms. The van der Waals surface area contributed by atoms with E-state index in [-0.39, 0.29) is 17.5 Å². The van der Waals surface area contributed by atoms with Crippen LogP contribution in [0.2, 0.25) is 0 Å². The molecule has 0 radical (unpaired) electrons. The van der Waals surface area contributed by atoms with Crippen molar-refractivity contribution >= 4 is 9.84 Å². The molecule has 0 bridgehead atoms. The first kappa shape index (κ1) is 13.1. The fourth-order valence-electron chi connectivity index (χ4n) is 2.20. The second-order valence-corrected chi connectivity index (χ2v) is 7.07. The quantitative estimate of drug-likeness (QED) is 0.868. The lowest BCUT2D eigenvalue weighted by molar-refractivity contribution is 0.463. The average Bonchev–Trinajstić information content (AvgIpc) is 2.68. The molecule has 2 heterocycles. The lowest BCUT2D eigenvalue weighted by Gasteiger charge is -2.22. The Balaban J connectivity index is 1.87. The van der Waals surface area contributed by atoms with Crippen LogP contribution >= 0.6 is 0 Å². The molecule has 98 valence electrons. The highest BCUT2D eigenvalue weighted by Gasteiger charge is 2.23. The van der Waals surface area contributed by atoms with Gasteiger partial charge >= 0.3 is 0 Å². The molecule has 1 aromatic heterocycles. The molecule has 0 spiro atoms. The highest BCUT2D eigenvalue weighted by atomic mass is 32.2. The van der Waals surface area contributed by atoms with E-state index < -0.39 is 9.84 Å². The fraction of sp³-hybridized carbons (Fsp3) is 0.583. The summed E-state index contributed by atoms with van der Waals surface area (Å²) in [6, 6.07) is 4.24. The van der Waals surface area contributed by atoms with Crippen molar-refractivity contribution in [3.8, 4) is 6.07 Å². The molecule has 0 saturated carbocycles. The zero-order valence-corrected chi connectivity index (χ0v) is 11.2. The van der Waals surface area contributed by atoms with Gasteiger partial charge in [0.1, 0.15) is 21.6 Å². The van der Waals surface area contributed by atoms with Gasteiger partial charge < -0.3 is 9.88 Å². The molecule has 5 nitrogen and oxygen atoms in total. The van der Waals surface area contributed by atoms with Crippen molar-refractivity contribution in [2.75, 3.05) is 11.5 Å². The highest BCUT2D eigenvalue weighted by Crippen LogP contribution is 2.13. The third kappa shape index (κ3) is 3.12. The van der Waals surface area contributed by atoms with Gasteiger partial charge in [-0.1, -0.05) is 0 Å². The van der Waals surface area contributed by atoms with Gasteiger partial charge in [-0.25, -0.2) is 8.42 Å². The molecular weight excluding hydrogens is 250 g/mol. The molecule has 0 aromatic carbocycles. The summed E-state index contributed by atoms with van der Waals surface area (Å²) >= 11 is 0. The Hall–Kier alpha value is -1.32. The summed E-state index contributed by atoms with van der Waals surface area (Å²) in [7, 11) is -0.950. The summed E-state index contributed by atoms with van der Waals surface area (Å²) < 4.78 is 24.4. The van der Waals surface area contributed by atoms with Crippen LogP contribution in [0, 0.1) is 11.3 Å². The van der Waals surface area contributed by atoms with E-state index in [2.05, 4.69) is 11.4 Å². The first-order chi connectivity index (χ1) is 8.50. The maximum absolute atomic E-state index is 11.3. The molecule has 0 unspecified atom stereocenters. The number of nitrogens with one attached hydrogen (secondary N) is 1. The van der Waals surface area contributed by atoms with Crippen LogP contribution < -0.4 is 5.32 Å². The van der Waals surface area contributed by atoms with E-state index in [1.165, 1.54) is 0 Å². The minimum absolute atomic E-state index is 0.263. The normalized spacial score (nSPS) is 19.6. The van der Waals surface area contributed by atoms with Crippen LogP contribution in [0.1, 0.15) is 24.1 Å². The number of nitriles is 1. The van der Waals surface area contributed by atoms with Crippen LogP contribution in [0.5, 0.6) is 0 Å². The predicted octanol–water partition coefficient (Wildman–Crippen LogP) is 0.564. The van der Waals surface area contributed by atoms with Crippen molar-refractivity contribution in [2.24, 2.45) is 7.05 Å². The lowest BCUT2D eigenvalue weighted by atomic mass is 10.1. The minimum Gasteiger partial charge on any atom is -0.342 e. The lowest BCUT2D eigenvalue weighted by Crippen LogP contribution is -2.37. The Labute approximate surface area is 107 Å². The van der Waals surface area contributed by atoms with Crippen LogP contribution in [0.15, 0.2) is 12.3 Å². The molecule has 0 aliphatic carbocycles. The van der Waals surface area contributed by atoms with E-state index in [1.807, 2.05) is 19.3 Å². The van der Waals surface area contributed by atoms with E-state index >= 15 is 0 Å². The van der Waals surface area contributed by atoms with E-state index in [1.54, 1.807) is 4.57 Å². The van der Waals surface area contributed by atoms with Gasteiger partial charge in [-0.2, -0.15) is 5.26 Å². The van der Waals surface area contributed by atoms with Gasteiger partial charge in [0.15, 0.2) is 0 Å². The smallest absolute Gasteiger partial charge is 0.150 e. The Morgan fingerprint density at radius 3 is 2.72 bits per heavy atom. The second kappa shape index (κ2) is 5.12. The molecule has 1 aromatic rings. The van der Waals surface area contributed by atoms with Crippen LogP contribution in [-0.4, -0.2) is 30.5 Å². The number of hydrogen-bond acceptors (Lipinski definition) is 4. The molecular formula is C12H17N3O2S. The summed E-state index contributed by atoms with van der Waals surface area (Å²) in [4.78, 5) is 0. The van der Waals surface area contributed by atoms with Crippen LogP contribution in [-0.2, 0) is 23.4 Å². The second-order valence-electron chi connectivity index (χ2n) is 4.76. The van der Waals surface area contributed by atoms with E-state index in [4.69, 9.17) is 5.26 Å². The van der Waals surface area contributed by atoms with Crippen molar-refractivity contribution in [1.82, 2.24) is 9.88 Å². The Bertz CT molecular complexity index is 555. The molecule has 1 aliphatic rings. The van der Waals surface area contributed by atoms with Gasteiger partial charge in [-0.3, -0.25) is 0 Å². The molecule has 18 heavy (non-hydrogen) atoms. The van der Waals surface area contributed by atoms with Crippen LogP contribution in [0.25, 0.3) is 0 Å². The Kier molecular flexibility index (Phi) is 3.73. The van der Waals surface area contributed by atoms with E-state index in [0.717, 1.165) is 5.56 Å². The standard InChI is InChI=1S/C12H17N3O2S/c1-15-9-10(6-12(15)7-13)8-14-11-2-4-18(16,17)5-3-11/h6,9,11,14H,2-5,8H2,1H3. The van der Waals surface area contributed by atoms with E-state index in [9.17, 15) is 8.42 Å². The van der Waals surface area contributed by atoms with Crippen molar-refractivity contribution in [3.05, 3.63) is 23.5 Å². The molecule has 1 fully saturated rings. The minimum atomic E-state index is -2.79. The number of hydrogen-bond donors (Lipinski definition) is 1. The number of sulfone groups is 1. The van der Waals surface area contributed by atoms with Gasteiger partial charge in [0.25, 0.3) is 0 Å². The summed E-state index contributed by atoms with van der Waals surface area (Å²) in [6.07, 6.45) is 3.28. The third-order valence-electron chi connectivity index (χ3n) is 3.33. The largest absolute Gasteiger partial charge is 0.342 e. The monoisotopic (exact) mass is 267 g/mol. The predicted molar refractivity (Wildman–Crippen MR) is 68.6 cm³/mol. The average molecular weight is 267 g/mol. The zero-order valence-electron chi connectivity index (χ0n) is 10.4. The summed E-state index contributed by atoms with van der Waals surface area (Å²) in [5, 5.41) is 12.2. The molecule has 1 N–H and O–H groups in total. The summed E-state index contributed by atoms with van der Waals surface area (Å²) in [5.41, 5.74) is 1.69. The van der Waals surface area contributed by atoms with Gasteiger partial charge in [-0.05, 0) is 24.5 Å². The first-order valence-electron chi connectivity index (χ1n) is 5.99. The maximum Gasteiger partial charge on any atom is 0.150 e. The van der Waals surface area contributed by atoms with E-state index in [0.29, 0.717) is 25.1 Å². The first-order valence-corrected chi connectivity index (χ1v) is 7.81. The molecule has 0 atom stereocenters. The topological polar surface area (TPSA) is 74.9 Å². The SMILES string of the molecule is Cn1cc(CNC2CCS(=O)(=O)CC2)cc1C#N. The zero-order chi connectivity index (χ0) is 13.2. The molecule has 2 rings (SSSR count). The van der Waals surface area contributed by atoms with Crippen LogP contribution in [0.3, 0.4) is 0 Å². The number of nitrogens with zero attached hydrogens (tertiary/aromatic N) is 2. The van der Waals surface area contributed by atoms with Crippen molar-refractivity contribution in [1.29, 1.82) is 5.26 Å². The number of aryl methyl sites for hydroxylation is 1. The maximum atomic E-state index is 11.3. The molecule has 1 saturated heterocycles. The third-order valence-corrected chi connectivity index (χ3v) is 5.04. The van der Waals surface area contributed by atoms with Crippen molar-refractivity contribution < 1.29 is 8.42 Å². The fourth-order valence-corrected chi connectivity index (χ4v) is 3.69.